The van der Waals surface area contributed by atoms with Gasteiger partial charge in [0, 0.05) is 6.54 Å². The van der Waals surface area contributed by atoms with E-state index in [1.165, 1.54) is 12.1 Å². The summed E-state index contributed by atoms with van der Waals surface area (Å²) in [5.41, 5.74) is 2.34. The second-order valence-corrected chi connectivity index (χ2v) is 5.58. The van der Waals surface area contributed by atoms with Crippen LogP contribution in [0.25, 0.3) is 0 Å². The number of aryl methyl sites for hydroxylation is 1. The molecule has 0 aliphatic heterocycles. The standard InChI is InChI=1S/C16H19ClFN3O/c1-4-14(21-11(3)15(17)10(2)20-21)16(22)19-9-12-5-7-13(18)8-6-12/h5-8,14H,4,9H2,1-3H3,(H,19,22). The number of aromatic nitrogens is 2. The smallest absolute Gasteiger partial charge is 0.245 e. The molecule has 0 aliphatic carbocycles. The van der Waals surface area contributed by atoms with E-state index in [0.29, 0.717) is 23.7 Å². The maximum atomic E-state index is 12.9. The average Bonchev–Trinajstić information content (AvgIpc) is 2.75. The Morgan fingerprint density at radius 3 is 2.50 bits per heavy atom. The third-order valence-corrected chi connectivity index (χ3v) is 4.15. The normalized spacial score (nSPS) is 12.2. The highest BCUT2D eigenvalue weighted by Crippen LogP contribution is 2.23. The Labute approximate surface area is 134 Å². The van der Waals surface area contributed by atoms with Crippen LogP contribution in [0.2, 0.25) is 5.02 Å². The molecule has 118 valence electrons. The predicted molar refractivity (Wildman–Crippen MR) is 84.3 cm³/mol. The van der Waals surface area contributed by atoms with Crippen LogP contribution in [0.5, 0.6) is 0 Å². The van der Waals surface area contributed by atoms with Crippen molar-refractivity contribution in [1.29, 1.82) is 0 Å². The third kappa shape index (κ3) is 3.47. The predicted octanol–water partition coefficient (Wildman–Crippen LogP) is 3.56. The van der Waals surface area contributed by atoms with Gasteiger partial charge in [0.05, 0.1) is 16.4 Å². The summed E-state index contributed by atoms with van der Waals surface area (Å²) >= 11 is 6.14. The van der Waals surface area contributed by atoms with Crippen LogP contribution >= 0.6 is 11.6 Å². The summed E-state index contributed by atoms with van der Waals surface area (Å²) in [4.78, 5) is 12.4. The van der Waals surface area contributed by atoms with Gasteiger partial charge < -0.3 is 5.32 Å². The largest absolute Gasteiger partial charge is 0.350 e. The van der Waals surface area contributed by atoms with Gasteiger partial charge in [0.15, 0.2) is 0 Å². The highest BCUT2D eigenvalue weighted by molar-refractivity contribution is 6.31. The fourth-order valence-electron chi connectivity index (χ4n) is 2.32. The topological polar surface area (TPSA) is 46.9 Å². The Hall–Kier alpha value is -1.88. The zero-order chi connectivity index (χ0) is 16.3. The Morgan fingerprint density at radius 2 is 2.00 bits per heavy atom. The molecule has 0 fully saturated rings. The van der Waals surface area contributed by atoms with Crippen molar-refractivity contribution in [1.82, 2.24) is 15.1 Å². The molecule has 0 aliphatic rings. The second-order valence-electron chi connectivity index (χ2n) is 5.20. The SMILES string of the molecule is CCC(C(=O)NCc1ccc(F)cc1)n1nc(C)c(Cl)c1C. The van der Waals surface area contributed by atoms with Crippen LogP contribution in [-0.4, -0.2) is 15.7 Å². The second kappa shape index (κ2) is 6.92. The Morgan fingerprint density at radius 1 is 1.36 bits per heavy atom. The lowest BCUT2D eigenvalue weighted by molar-refractivity contribution is -0.124. The molecule has 0 radical (unpaired) electrons. The highest BCUT2D eigenvalue weighted by atomic mass is 35.5. The molecule has 1 N–H and O–H groups in total. The molecule has 6 heteroatoms. The van der Waals surface area contributed by atoms with Gasteiger partial charge in [-0.1, -0.05) is 30.7 Å². The van der Waals surface area contributed by atoms with Gasteiger partial charge in [0.1, 0.15) is 11.9 Å². The van der Waals surface area contributed by atoms with Crippen molar-refractivity contribution in [2.24, 2.45) is 0 Å². The molecule has 1 aromatic carbocycles. The molecule has 2 rings (SSSR count). The number of hydrogen-bond donors (Lipinski definition) is 1. The average molecular weight is 324 g/mol. The lowest BCUT2D eigenvalue weighted by Crippen LogP contribution is -2.33. The Bertz CT molecular complexity index is 667. The van der Waals surface area contributed by atoms with Crippen LogP contribution in [0.3, 0.4) is 0 Å². The Kier molecular flexibility index (Phi) is 5.19. The van der Waals surface area contributed by atoms with Crippen molar-refractivity contribution in [3.8, 4) is 0 Å². The van der Waals surface area contributed by atoms with E-state index in [1.54, 1.807) is 16.8 Å². The summed E-state index contributed by atoms with van der Waals surface area (Å²) in [7, 11) is 0. The van der Waals surface area contributed by atoms with Gasteiger partial charge in [-0.2, -0.15) is 5.10 Å². The minimum atomic E-state index is -0.411. The first kappa shape index (κ1) is 16.5. The molecular formula is C16H19ClFN3O. The van der Waals surface area contributed by atoms with Crippen LogP contribution in [0.4, 0.5) is 4.39 Å². The summed E-state index contributed by atoms with van der Waals surface area (Å²) in [6, 6.07) is 5.64. The van der Waals surface area contributed by atoms with E-state index < -0.39 is 6.04 Å². The lowest BCUT2D eigenvalue weighted by atomic mass is 10.2. The molecule has 1 heterocycles. The number of carbonyl (C=O) groups excluding carboxylic acids is 1. The fourth-order valence-corrected chi connectivity index (χ4v) is 2.45. The third-order valence-electron chi connectivity index (χ3n) is 3.60. The minimum Gasteiger partial charge on any atom is -0.350 e. The van der Waals surface area contributed by atoms with Gasteiger partial charge in [-0.3, -0.25) is 9.48 Å². The fraction of sp³-hybridized carbons (Fsp3) is 0.375. The zero-order valence-electron chi connectivity index (χ0n) is 12.9. The maximum absolute atomic E-state index is 12.9. The summed E-state index contributed by atoms with van der Waals surface area (Å²) in [6.45, 7) is 5.93. The van der Waals surface area contributed by atoms with Crippen LogP contribution in [0.1, 0.15) is 36.3 Å². The summed E-state index contributed by atoms with van der Waals surface area (Å²) in [5.74, 6) is -0.423. The molecule has 1 amide bonds. The molecule has 1 atom stereocenters. The van der Waals surface area contributed by atoms with Crippen molar-refractivity contribution in [3.05, 3.63) is 52.1 Å². The van der Waals surface area contributed by atoms with E-state index in [2.05, 4.69) is 10.4 Å². The lowest BCUT2D eigenvalue weighted by Gasteiger charge is -2.17. The number of nitrogens with one attached hydrogen (secondary N) is 1. The van der Waals surface area contributed by atoms with Crippen molar-refractivity contribution < 1.29 is 9.18 Å². The van der Waals surface area contributed by atoms with Crippen molar-refractivity contribution >= 4 is 17.5 Å². The molecule has 0 saturated heterocycles. The summed E-state index contributed by atoms with van der Waals surface area (Å²) in [6.07, 6.45) is 0.605. The monoisotopic (exact) mass is 323 g/mol. The quantitative estimate of drug-likeness (QED) is 0.914. The van der Waals surface area contributed by atoms with Crippen LogP contribution in [0, 0.1) is 19.7 Å². The molecule has 2 aromatic rings. The number of carbonyl (C=O) groups is 1. The van der Waals surface area contributed by atoms with Gasteiger partial charge in [-0.05, 0) is 38.0 Å². The van der Waals surface area contributed by atoms with Crippen LogP contribution < -0.4 is 5.32 Å². The first-order chi connectivity index (χ1) is 10.4. The van der Waals surface area contributed by atoms with Crippen molar-refractivity contribution in [2.45, 2.75) is 39.8 Å². The maximum Gasteiger partial charge on any atom is 0.245 e. The van der Waals surface area contributed by atoms with E-state index in [9.17, 15) is 9.18 Å². The van der Waals surface area contributed by atoms with E-state index in [-0.39, 0.29) is 11.7 Å². The molecular weight excluding hydrogens is 305 g/mol. The number of amides is 1. The van der Waals surface area contributed by atoms with Gasteiger partial charge >= 0.3 is 0 Å². The molecule has 1 aromatic heterocycles. The van der Waals surface area contributed by atoms with E-state index >= 15 is 0 Å². The van der Waals surface area contributed by atoms with Gasteiger partial charge in [-0.25, -0.2) is 4.39 Å². The molecule has 0 spiro atoms. The van der Waals surface area contributed by atoms with Gasteiger partial charge in [-0.15, -0.1) is 0 Å². The summed E-state index contributed by atoms with van der Waals surface area (Å²) in [5, 5.41) is 7.79. The number of nitrogens with zero attached hydrogens (tertiary/aromatic N) is 2. The van der Waals surface area contributed by atoms with E-state index in [0.717, 1.165) is 11.3 Å². The van der Waals surface area contributed by atoms with Gasteiger partial charge in [0.2, 0.25) is 5.91 Å². The molecule has 0 bridgehead atoms. The van der Waals surface area contributed by atoms with Crippen molar-refractivity contribution in [3.63, 3.8) is 0 Å². The first-order valence-corrected chi connectivity index (χ1v) is 7.55. The van der Waals surface area contributed by atoms with E-state index in [1.807, 2.05) is 20.8 Å². The first-order valence-electron chi connectivity index (χ1n) is 7.17. The van der Waals surface area contributed by atoms with Crippen LogP contribution in [-0.2, 0) is 11.3 Å². The number of hydrogen-bond acceptors (Lipinski definition) is 2. The number of benzene rings is 1. The molecule has 1 unspecified atom stereocenters. The highest BCUT2D eigenvalue weighted by Gasteiger charge is 2.22. The molecule has 0 saturated carbocycles. The number of halogens is 2. The number of rotatable bonds is 5. The summed E-state index contributed by atoms with van der Waals surface area (Å²) < 4.78 is 14.5. The van der Waals surface area contributed by atoms with Crippen LogP contribution in [0.15, 0.2) is 24.3 Å². The molecule has 4 nitrogen and oxygen atoms in total. The minimum absolute atomic E-state index is 0.130. The Balaban J connectivity index is 2.08. The van der Waals surface area contributed by atoms with Crippen molar-refractivity contribution in [2.75, 3.05) is 0 Å². The van der Waals surface area contributed by atoms with E-state index in [4.69, 9.17) is 11.6 Å². The zero-order valence-corrected chi connectivity index (χ0v) is 13.6. The van der Waals surface area contributed by atoms with Gasteiger partial charge in [0.25, 0.3) is 0 Å². The molecule has 22 heavy (non-hydrogen) atoms.